The Labute approximate surface area is 115 Å². The van der Waals surface area contributed by atoms with E-state index >= 15 is 0 Å². The predicted molar refractivity (Wildman–Crippen MR) is 72.4 cm³/mol. The molecule has 0 unspecified atom stereocenters. The summed E-state index contributed by atoms with van der Waals surface area (Å²) in [6.45, 7) is 4.37. The molecule has 1 aromatic heterocycles. The molecule has 0 aliphatic rings. The number of halogens is 2. The monoisotopic (exact) mass is 281 g/mol. The SMILES string of the molecule is CCNc1ncc(Cl)c(Oc2ccc(F)cc2C)n1. The second-order valence-electron chi connectivity index (χ2n) is 3.89. The molecule has 0 amide bonds. The molecule has 0 atom stereocenters. The van der Waals surface area contributed by atoms with Crippen molar-refractivity contribution in [2.24, 2.45) is 0 Å². The molecule has 19 heavy (non-hydrogen) atoms. The van der Waals surface area contributed by atoms with E-state index in [4.69, 9.17) is 16.3 Å². The van der Waals surface area contributed by atoms with Crippen molar-refractivity contribution in [1.82, 2.24) is 9.97 Å². The Kier molecular flexibility index (Phi) is 4.16. The first-order chi connectivity index (χ1) is 9.10. The molecule has 0 saturated heterocycles. The fourth-order valence-electron chi connectivity index (χ4n) is 1.50. The van der Waals surface area contributed by atoms with Crippen molar-refractivity contribution in [2.45, 2.75) is 13.8 Å². The van der Waals surface area contributed by atoms with Crippen molar-refractivity contribution in [1.29, 1.82) is 0 Å². The van der Waals surface area contributed by atoms with Crippen LogP contribution in [0.1, 0.15) is 12.5 Å². The lowest BCUT2D eigenvalue weighted by molar-refractivity contribution is 0.457. The molecule has 0 radical (unpaired) electrons. The largest absolute Gasteiger partial charge is 0.437 e. The first-order valence-electron chi connectivity index (χ1n) is 5.80. The number of aromatic nitrogens is 2. The third-order valence-corrected chi connectivity index (χ3v) is 2.65. The van der Waals surface area contributed by atoms with Gasteiger partial charge >= 0.3 is 0 Å². The summed E-state index contributed by atoms with van der Waals surface area (Å²) >= 11 is 5.98. The Morgan fingerprint density at radius 2 is 2.21 bits per heavy atom. The molecule has 100 valence electrons. The van der Waals surface area contributed by atoms with Gasteiger partial charge in [0, 0.05) is 6.54 Å². The van der Waals surface area contributed by atoms with Crippen molar-refractivity contribution in [3.63, 3.8) is 0 Å². The summed E-state index contributed by atoms with van der Waals surface area (Å²) in [5.41, 5.74) is 0.666. The predicted octanol–water partition coefficient (Wildman–Crippen LogP) is 3.80. The highest BCUT2D eigenvalue weighted by Crippen LogP contribution is 2.29. The number of aryl methyl sites for hydroxylation is 1. The van der Waals surface area contributed by atoms with E-state index in [2.05, 4.69) is 15.3 Å². The van der Waals surface area contributed by atoms with Gasteiger partial charge in [0.15, 0.2) is 0 Å². The molecule has 1 N–H and O–H groups in total. The summed E-state index contributed by atoms with van der Waals surface area (Å²) in [7, 11) is 0. The maximum atomic E-state index is 13.0. The van der Waals surface area contributed by atoms with Crippen LogP contribution in [0.25, 0.3) is 0 Å². The summed E-state index contributed by atoms with van der Waals surface area (Å²) in [5.74, 6) is 0.861. The van der Waals surface area contributed by atoms with Crippen LogP contribution in [0.3, 0.4) is 0 Å². The van der Waals surface area contributed by atoms with E-state index in [-0.39, 0.29) is 11.7 Å². The molecular formula is C13H13ClFN3O. The number of hydrogen-bond donors (Lipinski definition) is 1. The van der Waals surface area contributed by atoms with Gasteiger partial charge in [0.05, 0.1) is 6.20 Å². The third kappa shape index (κ3) is 3.32. The molecule has 2 rings (SSSR count). The maximum absolute atomic E-state index is 13.0. The van der Waals surface area contributed by atoms with Gasteiger partial charge in [-0.3, -0.25) is 0 Å². The van der Waals surface area contributed by atoms with Gasteiger partial charge in [-0.1, -0.05) is 11.6 Å². The zero-order chi connectivity index (χ0) is 13.8. The lowest BCUT2D eigenvalue weighted by atomic mass is 10.2. The maximum Gasteiger partial charge on any atom is 0.243 e. The van der Waals surface area contributed by atoms with Crippen LogP contribution in [0, 0.1) is 12.7 Å². The number of nitrogens with one attached hydrogen (secondary N) is 1. The lowest BCUT2D eigenvalue weighted by Gasteiger charge is -2.10. The Morgan fingerprint density at radius 1 is 1.42 bits per heavy atom. The van der Waals surface area contributed by atoms with Gasteiger partial charge < -0.3 is 10.1 Å². The van der Waals surface area contributed by atoms with Gasteiger partial charge in [-0.05, 0) is 37.6 Å². The van der Waals surface area contributed by atoms with Crippen LogP contribution in [0.4, 0.5) is 10.3 Å². The van der Waals surface area contributed by atoms with Crippen LogP contribution in [0.2, 0.25) is 5.02 Å². The Bertz CT molecular complexity index is 592. The number of nitrogens with zero attached hydrogens (tertiary/aromatic N) is 2. The van der Waals surface area contributed by atoms with E-state index in [0.717, 1.165) is 0 Å². The Hall–Kier alpha value is -1.88. The van der Waals surface area contributed by atoms with Crippen molar-refractivity contribution >= 4 is 17.5 Å². The lowest BCUT2D eigenvalue weighted by Crippen LogP contribution is -2.03. The summed E-state index contributed by atoms with van der Waals surface area (Å²) in [4.78, 5) is 8.16. The molecule has 2 aromatic rings. The van der Waals surface area contributed by atoms with E-state index in [1.54, 1.807) is 6.92 Å². The van der Waals surface area contributed by atoms with E-state index in [0.29, 0.717) is 28.8 Å². The fraction of sp³-hybridized carbons (Fsp3) is 0.231. The van der Waals surface area contributed by atoms with E-state index in [1.807, 2.05) is 6.92 Å². The molecule has 0 bridgehead atoms. The number of ether oxygens (including phenoxy) is 1. The summed E-state index contributed by atoms with van der Waals surface area (Å²) in [6.07, 6.45) is 1.46. The van der Waals surface area contributed by atoms with Gasteiger partial charge in [-0.15, -0.1) is 0 Å². The van der Waals surface area contributed by atoms with Gasteiger partial charge in [-0.2, -0.15) is 4.98 Å². The highest BCUT2D eigenvalue weighted by Gasteiger charge is 2.09. The number of benzene rings is 1. The normalized spacial score (nSPS) is 10.3. The minimum absolute atomic E-state index is 0.238. The molecule has 1 heterocycles. The van der Waals surface area contributed by atoms with Crippen LogP contribution in [-0.4, -0.2) is 16.5 Å². The fourth-order valence-corrected chi connectivity index (χ4v) is 1.63. The molecule has 0 aliphatic carbocycles. The quantitative estimate of drug-likeness (QED) is 0.926. The van der Waals surface area contributed by atoms with Crippen molar-refractivity contribution < 1.29 is 9.13 Å². The molecule has 0 saturated carbocycles. The Balaban J connectivity index is 2.29. The van der Waals surface area contributed by atoms with Crippen molar-refractivity contribution in [3.05, 3.63) is 40.8 Å². The minimum Gasteiger partial charge on any atom is -0.437 e. The van der Waals surface area contributed by atoms with Gasteiger partial charge in [-0.25, -0.2) is 9.37 Å². The average Bonchev–Trinajstić information content (AvgIpc) is 2.37. The molecule has 4 nitrogen and oxygen atoms in total. The van der Waals surface area contributed by atoms with Crippen LogP contribution in [0.5, 0.6) is 11.6 Å². The zero-order valence-electron chi connectivity index (χ0n) is 10.6. The standard InChI is InChI=1S/C13H13ClFN3O/c1-3-16-13-17-7-10(14)12(18-13)19-11-5-4-9(15)6-8(11)2/h4-7H,3H2,1-2H3,(H,16,17,18). The third-order valence-electron chi connectivity index (χ3n) is 2.39. The highest BCUT2D eigenvalue weighted by molar-refractivity contribution is 6.31. The number of anilines is 1. The van der Waals surface area contributed by atoms with E-state index < -0.39 is 0 Å². The van der Waals surface area contributed by atoms with Crippen LogP contribution in [-0.2, 0) is 0 Å². The molecule has 0 aliphatic heterocycles. The van der Waals surface area contributed by atoms with Crippen LogP contribution in [0.15, 0.2) is 24.4 Å². The second kappa shape index (κ2) is 5.84. The summed E-state index contributed by atoms with van der Waals surface area (Å²) < 4.78 is 18.6. The van der Waals surface area contributed by atoms with Gasteiger partial charge in [0.1, 0.15) is 16.6 Å². The molecule has 0 fully saturated rings. The molecule has 6 heteroatoms. The van der Waals surface area contributed by atoms with E-state index in [1.165, 1.54) is 24.4 Å². The zero-order valence-corrected chi connectivity index (χ0v) is 11.3. The smallest absolute Gasteiger partial charge is 0.243 e. The minimum atomic E-state index is -0.313. The molecule has 0 spiro atoms. The van der Waals surface area contributed by atoms with Gasteiger partial charge in [0.25, 0.3) is 0 Å². The molecular weight excluding hydrogens is 269 g/mol. The molecule has 1 aromatic carbocycles. The van der Waals surface area contributed by atoms with Crippen LogP contribution >= 0.6 is 11.6 Å². The first-order valence-corrected chi connectivity index (χ1v) is 6.18. The topological polar surface area (TPSA) is 47.0 Å². The Morgan fingerprint density at radius 3 is 2.89 bits per heavy atom. The van der Waals surface area contributed by atoms with Crippen molar-refractivity contribution in [2.75, 3.05) is 11.9 Å². The first kappa shape index (κ1) is 13.5. The van der Waals surface area contributed by atoms with Crippen LogP contribution < -0.4 is 10.1 Å². The van der Waals surface area contributed by atoms with Crippen molar-refractivity contribution in [3.8, 4) is 11.6 Å². The van der Waals surface area contributed by atoms with E-state index in [9.17, 15) is 4.39 Å². The summed E-state index contributed by atoms with van der Waals surface area (Å²) in [5, 5.41) is 3.26. The average molecular weight is 282 g/mol. The number of hydrogen-bond acceptors (Lipinski definition) is 4. The summed E-state index contributed by atoms with van der Waals surface area (Å²) in [6, 6.07) is 4.24. The van der Waals surface area contributed by atoms with Gasteiger partial charge in [0.2, 0.25) is 11.8 Å². The second-order valence-corrected chi connectivity index (χ2v) is 4.30. The highest BCUT2D eigenvalue weighted by atomic mass is 35.5. The number of rotatable bonds is 4.